The number of likely N-dealkylation sites (N-methyl/N-ethyl adjacent to an activating group) is 1. The molecule has 26 heteroatoms. The minimum Gasteiger partial charge on any atom is -0.862 e. The van der Waals surface area contributed by atoms with E-state index in [4.69, 9.17) is 9.57 Å². The normalized spacial score (nSPS) is 14.5. The summed E-state index contributed by atoms with van der Waals surface area (Å²) in [5.74, 6) is -4.32. The first-order valence-corrected chi connectivity index (χ1v) is 31.0. The zero-order valence-corrected chi connectivity index (χ0v) is 48.2. The molecule has 1 saturated heterocycles. The lowest BCUT2D eigenvalue weighted by atomic mass is 10.0. The number of imide groups is 1. The van der Waals surface area contributed by atoms with Gasteiger partial charge < -0.3 is 42.6 Å². The Balaban J connectivity index is 1.19. The summed E-state index contributed by atoms with van der Waals surface area (Å²) in [4.78, 5) is 74.2. The fourth-order valence-corrected chi connectivity index (χ4v) is 11.6. The summed E-state index contributed by atoms with van der Waals surface area (Å²) >= 11 is 0. The molecule has 1 N–H and O–H groups in total. The smallest absolute Gasteiger partial charge is 0.345 e. The van der Waals surface area contributed by atoms with E-state index in [1.165, 1.54) is 0 Å². The van der Waals surface area contributed by atoms with Gasteiger partial charge in [0.25, 0.3) is 17.7 Å². The highest BCUT2D eigenvalue weighted by Crippen LogP contribution is 2.31. The summed E-state index contributed by atoms with van der Waals surface area (Å²) in [6.45, 7) is 6.43. The number of carbonyl (C=O) groups excluding carboxylic acids is 5. The lowest BCUT2D eigenvalue weighted by Gasteiger charge is -2.35. The van der Waals surface area contributed by atoms with Crippen LogP contribution in [0.2, 0.25) is 0 Å². The SMILES string of the molecule is Cc1cc(C(=O)N(C)CCC[N+](C)(CCCN=C([O-])CCCC(=O)ON2C(=O)CCC2=O)CCCS(=O)(=O)[O-])cc(C)c1OC(=O)c1c2ccccc2[n+](CCCS(=O)(=O)NCC[N+](C)(C)CCCS(=O)(=O)[O-])c2ccccc12. The molecule has 0 bridgehead atoms. The van der Waals surface area contributed by atoms with Crippen molar-refractivity contribution in [3.8, 4) is 5.75 Å². The minimum absolute atomic E-state index is 0.0339. The quantitative estimate of drug-likeness (QED) is 0.00700. The predicted molar refractivity (Wildman–Crippen MR) is 289 cm³/mol. The number of hydrogen-bond acceptors (Lipinski definition) is 17. The van der Waals surface area contributed by atoms with Gasteiger partial charge in [0, 0.05) is 101 Å². The van der Waals surface area contributed by atoms with E-state index in [0.29, 0.717) is 117 Å². The molecule has 434 valence electrons. The molecule has 2 heterocycles. The standard InChI is InChI=1S/C53H73N7O16S3/c1-39-37-41(52(65)56(3)27-13-31-60(6,32-16-36-79(72,73)74)30-12-25-54-46(61)21-11-22-49(64)76-58-47(62)23-24-48(58)63)38-40(2)51(39)75-53(66)50-42-17-7-9-19-44(42)57(45-20-10-8-18-43(45)50)28-14-34-77(67,68)55-26-33-59(4,5)29-15-35-78(69,70)71/h7-10,17-20,37-38,55H,11-16,21-36H2,1-6H3. The second kappa shape index (κ2) is 27.9. The number of quaternary nitrogens is 2. The van der Waals surface area contributed by atoms with E-state index < -0.39 is 71.4 Å². The number of benzene rings is 3. The van der Waals surface area contributed by atoms with Crippen molar-refractivity contribution in [1.82, 2.24) is 14.7 Å². The van der Waals surface area contributed by atoms with Crippen molar-refractivity contribution in [1.29, 1.82) is 0 Å². The van der Waals surface area contributed by atoms with Gasteiger partial charge in [0.2, 0.25) is 21.1 Å². The molecule has 1 fully saturated rings. The maximum atomic E-state index is 14.4. The number of aliphatic imine (C=N–C) groups is 1. The average molecular weight is 1160 g/mol. The molecule has 23 nitrogen and oxygen atoms in total. The third kappa shape index (κ3) is 19.9. The van der Waals surface area contributed by atoms with Gasteiger partial charge >= 0.3 is 11.9 Å². The molecule has 1 atom stereocenters. The van der Waals surface area contributed by atoms with Crippen LogP contribution in [0.1, 0.15) is 96.1 Å². The molecule has 5 rings (SSSR count). The van der Waals surface area contributed by atoms with Crippen LogP contribution < -0.4 is 19.1 Å². The Bertz CT molecular complexity index is 3170. The van der Waals surface area contributed by atoms with Crippen LogP contribution in [0.3, 0.4) is 0 Å². The first-order chi connectivity index (χ1) is 37.0. The van der Waals surface area contributed by atoms with Crippen LogP contribution in [-0.2, 0) is 56.0 Å². The van der Waals surface area contributed by atoms with Gasteiger partial charge in [-0.1, -0.05) is 24.3 Å². The van der Waals surface area contributed by atoms with E-state index >= 15 is 0 Å². The maximum absolute atomic E-state index is 14.4. The molecular weight excluding hydrogens is 1090 g/mol. The van der Waals surface area contributed by atoms with Crippen LogP contribution in [0.5, 0.6) is 5.75 Å². The molecule has 3 aromatic carbocycles. The van der Waals surface area contributed by atoms with Crippen LogP contribution in [0.4, 0.5) is 0 Å². The molecule has 0 saturated carbocycles. The second-order valence-electron chi connectivity index (χ2n) is 21.0. The summed E-state index contributed by atoms with van der Waals surface area (Å²) in [5.41, 5.74) is 3.09. The van der Waals surface area contributed by atoms with Gasteiger partial charge in [0.05, 0.1) is 103 Å². The van der Waals surface area contributed by atoms with E-state index in [1.54, 1.807) is 62.2 Å². The third-order valence-electron chi connectivity index (χ3n) is 13.8. The summed E-state index contributed by atoms with van der Waals surface area (Å²) in [6, 6.07) is 17.8. The Kier molecular flexibility index (Phi) is 22.6. The highest BCUT2D eigenvalue weighted by Gasteiger charge is 2.33. The summed E-state index contributed by atoms with van der Waals surface area (Å²) in [6.07, 6.45) is 1.22. The van der Waals surface area contributed by atoms with E-state index in [0.717, 1.165) is 0 Å². The zero-order valence-electron chi connectivity index (χ0n) is 45.8. The van der Waals surface area contributed by atoms with Crippen molar-refractivity contribution in [2.75, 3.05) is 97.8 Å². The lowest BCUT2D eigenvalue weighted by Crippen LogP contribution is -2.48. The van der Waals surface area contributed by atoms with Crippen LogP contribution in [0.15, 0.2) is 65.7 Å². The van der Waals surface area contributed by atoms with Gasteiger partial charge in [-0.05, 0) is 68.0 Å². The van der Waals surface area contributed by atoms with Crippen LogP contribution in [0.25, 0.3) is 21.8 Å². The number of fused-ring (bicyclic) bond motifs is 2. The van der Waals surface area contributed by atoms with E-state index in [2.05, 4.69) is 9.71 Å². The van der Waals surface area contributed by atoms with E-state index in [1.807, 2.05) is 50.0 Å². The fourth-order valence-electron chi connectivity index (χ4n) is 9.62. The highest BCUT2D eigenvalue weighted by atomic mass is 32.2. The number of sulfonamides is 1. The monoisotopic (exact) mass is 1160 g/mol. The van der Waals surface area contributed by atoms with Crippen molar-refractivity contribution in [2.24, 2.45) is 4.99 Å². The topological polar surface area (TPSA) is 310 Å². The van der Waals surface area contributed by atoms with Crippen molar-refractivity contribution in [2.45, 2.75) is 84.6 Å². The molecule has 79 heavy (non-hydrogen) atoms. The number of aryl methyl sites for hydroxylation is 3. The van der Waals surface area contributed by atoms with Gasteiger partial charge in [0.15, 0.2) is 6.54 Å². The molecule has 0 aliphatic carbocycles. The number of rotatable bonds is 32. The average Bonchev–Trinajstić information content (AvgIpc) is 3.66. The number of amides is 3. The molecular formula is C53H73N7O16S3. The Morgan fingerprint density at radius 3 is 1.86 bits per heavy atom. The summed E-state index contributed by atoms with van der Waals surface area (Å²) < 4.78 is 105. The number of nitrogens with one attached hydrogen (secondary N) is 1. The first-order valence-electron chi connectivity index (χ1n) is 26.2. The Hall–Kier alpha value is -6.00. The number of carbonyl (C=O) groups is 5. The largest absolute Gasteiger partial charge is 0.862 e. The summed E-state index contributed by atoms with van der Waals surface area (Å²) in [5, 5.41) is 14.1. The Labute approximate surface area is 462 Å². The lowest BCUT2D eigenvalue weighted by molar-refractivity contribution is -0.909. The number of nitrogens with zero attached hydrogens (tertiary/aromatic N) is 6. The molecule has 1 aliphatic rings. The van der Waals surface area contributed by atoms with Crippen LogP contribution in [0, 0.1) is 13.8 Å². The van der Waals surface area contributed by atoms with Gasteiger partial charge in [0.1, 0.15) is 5.75 Å². The van der Waals surface area contributed by atoms with Crippen molar-refractivity contribution >= 4 is 87.6 Å². The molecule has 1 unspecified atom stereocenters. The number of hydroxylamine groups is 2. The number of aromatic nitrogens is 1. The van der Waals surface area contributed by atoms with Crippen LogP contribution in [-0.4, -0.2) is 187 Å². The van der Waals surface area contributed by atoms with Gasteiger partial charge in [-0.2, -0.15) is 4.57 Å². The molecule has 1 aliphatic heterocycles. The third-order valence-corrected chi connectivity index (χ3v) is 16.8. The van der Waals surface area contributed by atoms with Crippen molar-refractivity contribution < 1.29 is 86.5 Å². The van der Waals surface area contributed by atoms with Crippen molar-refractivity contribution in [3.63, 3.8) is 0 Å². The highest BCUT2D eigenvalue weighted by molar-refractivity contribution is 7.89. The number of para-hydroxylation sites is 2. The zero-order chi connectivity index (χ0) is 58.3. The van der Waals surface area contributed by atoms with Gasteiger partial charge in [-0.3, -0.25) is 14.4 Å². The second-order valence-corrected chi connectivity index (χ2v) is 25.9. The first kappa shape index (κ1) is 63.8. The molecule has 0 spiro atoms. The molecule has 4 aromatic rings. The number of esters is 1. The summed E-state index contributed by atoms with van der Waals surface area (Å²) in [7, 11) is -5.28. The minimum atomic E-state index is -4.46. The van der Waals surface area contributed by atoms with Crippen molar-refractivity contribution in [3.05, 3.63) is 82.9 Å². The number of hydrogen-bond donors (Lipinski definition) is 1. The predicted octanol–water partition coefficient (Wildman–Crippen LogP) is 2.21. The molecule has 3 amide bonds. The van der Waals surface area contributed by atoms with E-state index in [9.17, 15) is 63.4 Å². The van der Waals surface area contributed by atoms with Gasteiger partial charge in [-0.15, -0.1) is 5.06 Å². The number of pyridine rings is 1. The Morgan fingerprint density at radius 1 is 0.734 bits per heavy atom. The van der Waals surface area contributed by atoms with Gasteiger partial charge in [-0.25, -0.2) is 39.6 Å². The fraction of sp³-hybridized carbons (Fsp3) is 0.528. The Morgan fingerprint density at radius 2 is 1.28 bits per heavy atom. The maximum Gasteiger partial charge on any atom is 0.345 e. The number of ether oxygens (including phenoxy) is 1. The van der Waals surface area contributed by atoms with E-state index in [-0.39, 0.29) is 81.9 Å². The van der Waals surface area contributed by atoms with Crippen LogP contribution >= 0.6 is 0 Å². The molecule has 0 radical (unpaired) electrons. The molecule has 1 aromatic heterocycles.